The van der Waals surface area contributed by atoms with Gasteiger partial charge < -0.3 is 9.47 Å². The van der Waals surface area contributed by atoms with Crippen LogP contribution in [0.5, 0.6) is 0 Å². The lowest BCUT2D eigenvalue weighted by Gasteiger charge is -2.07. The van der Waals surface area contributed by atoms with Crippen molar-refractivity contribution in [2.24, 2.45) is 0 Å². The number of fused-ring (bicyclic) bond motifs is 2. The van der Waals surface area contributed by atoms with Crippen molar-refractivity contribution < 1.29 is 18.7 Å². The molecule has 3 aromatic heterocycles. The zero-order valence-electron chi connectivity index (χ0n) is 15.1. The van der Waals surface area contributed by atoms with E-state index < -0.39 is 11.8 Å². The Morgan fingerprint density at radius 2 is 2.10 bits per heavy atom. The van der Waals surface area contributed by atoms with Gasteiger partial charge in [-0.3, -0.25) is 9.20 Å². The molecule has 148 valence electrons. The van der Waals surface area contributed by atoms with Crippen molar-refractivity contribution in [1.82, 2.24) is 9.38 Å². The van der Waals surface area contributed by atoms with Crippen molar-refractivity contribution in [3.8, 4) is 0 Å². The predicted octanol–water partition coefficient (Wildman–Crippen LogP) is 4.31. The van der Waals surface area contributed by atoms with Crippen LogP contribution in [0.1, 0.15) is 20.9 Å². The van der Waals surface area contributed by atoms with Crippen LogP contribution in [-0.2, 0) is 22.7 Å². The molecule has 0 amide bonds. The molecule has 0 spiro atoms. The molecular weight excluding hydrogens is 463 g/mol. The summed E-state index contributed by atoms with van der Waals surface area (Å²) >= 11 is 4.45. The third-order valence-corrected chi connectivity index (χ3v) is 5.91. The van der Waals surface area contributed by atoms with Gasteiger partial charge in [-0.25, -0.2) is 14.2 Å². The van der Waals surface area contributed by atoms with Gasteiger partial charge in [0, 0.05) is 39.5 Å². The van der Waals surface area contributed by atoms with Gasteiger partial charge in [-0.05, 0) is 40.2 Å². The van der Waals surface area contributed by atoms with Gasteiger partial charge in [-0.2, -0.15) is 0 Å². The number of pyridine rings is 1. The summed E-state index contributed by atoms with van der Waals surface area (Å²) in [6.07, 6.45) is 1.61. The van der Waals surface area contributed by atoms with E-state index in [2.05, 4.69) is 20.9 Å². The highest BCUT2D eigenvalue weighted by atomic mass is 79.9. The second kappa shape index (κ2) is 8.02. The van der Waals surface area contributed by atoms with Crippen molar-refractivity contribution in [3.05, 3.63) is 79.4 Å². The highest BCUT2D eigenvalue weighted by molar-refractivity contribution is 9.10. The van der Waals surface area contributed by atoms with E-state index in [-0.39, 0.29) is 23.7 Å². The number of hydrogen-bond donors (Lipinski definition) is 0. The van der Waals surface area contributed by atoms with Gasteiger partial charge in [0.25, 0.3) is 5.56 Å². The van der Waals surface area contributed by atoms with Crippen LogP contribution in [0.2, 0.25) is 0 Å². The molecule has 0 aliphatic rings. The van der Waals surface area contributed by atoms with E-state index in [0.29, 0.717) is 27.0 Å². The molecule has 0 fully saturated rings. The number of nitrogens with zero attached hydrogens (tertiary/aromatic N) is 2. The van der Waals surface area contributed by atoms with E-state index in [0.717, 1.165) is 15.8 Å². The second-order valence-corrected chi connectivity index (χ2v) is 8.16. The van der Waals surface area contributed by atoms with E-state index in [4.69, 9.17) is 9.47 Å². The molecule has 0 unspecified atom stereocenters. The quantitative estimate of drug-likeness (QED) is 0.401. The first-order valence-electron chi connectivity index (χ1n) is 8.51. The molecule has 6 nitrogen and oxygen atoms in total. The third kappa shape index (κ3) is 3.81. The molecule has 0 saturated carbocycles. The minimum absolute atomic E-state index is 0.0792. The molecular formula is C20H14BrFN2O4S. The number of aromatic nitrogens is 2. The zero-order chi connectivity index (χ0) is 20.5. The first-order valence-corrected chi connectivity index (χ1v) is 10.1. The van der Waals surface area contributed by atoms with Crippen molar-refractivity contribution in [3.63, 3.8) is 0 Å². The van der Waals surface area contributed by atoms with E-state index >= 15 is 0 Å². The van der Waals surface area contributed by atoms with Crippen LogP contribution in [0.4, 0.5) is 4.39 Å². The molecule has 4 rings (SSSR count). The number of hydrogen-bond acceptors (Lipinski definition) is 6. The predicted molar refractivity (Wildman–Crippen MR) is 111 cm³/mol. The average Bonchev–Trinajstić information content (AvgIpc) is 3.07. The molecule has 4 aromatic rings. The van der Waals surface area contributed by atoms with Gasteiger partial charge in [0.2, 0.25) is 0 Å². The van der Waals surface area contributed by atoms with Crippen molar-refractivity contribution in [2.45, 2.75) is 13.2 Å². The summed E-state index contributed by atoms with van der Waals surface area (Å²) < 4.78 is 27.6. The maximum Gasteiger partial charge on any atom is 0.349 e. The van der Waals surface area contributed by atoms with Gasteiger partial charge >= 0.3 is 5.97 Å². The molecule has 0 aliphatic heterocycles. The minimum atomic E-state index is -0.615. The fourth-order valence-electron chi connectivity index (χ4n) is 3.02. The van der Waals surface area contributed by atoms with Crippen LogP contribution < -0.4 is 5.56 Å². The van der Waals surface area contributed by atoms with Gasteiger partial charge in [0.1, 0.15) is 22.9 Å². The molecule has 29 heavy (non-hydrogen) atoms. The Labute approximate surface area is 176 Å². The average molecular weight is 477 g/mol. The Balaban J connectivity index is 1.63. The van der Waals surface area contributed by atoms with Gasteiger partial charge in [0.05, 0.1) is 12.3 Å². The molecule has 0 radical (unpaired) electrons. The lowest BCUT2D eigenvalue weighted by Crippen LogP contribution is -2.16. The number of thiophene rings is 1. The lowest BCUT2D eigenvalue weighted by atomic mass is 10.1. The van der Waals surface area contributed by atoms with Crippen LogP contribution in [-0.4, -0.2) is 22.5 Å². The van der Waals surface area contributed by atoms with Gasteiger partial charge in [-0.1, -0.05) is 6.07 Å². The molecule has 3 heterocycles. The third-order valence-electron chi connectivity index (χ3n) is 4.27. The van der Waals surface area contributed by atoms with Crippen LogP contribution in [0.25, 0.3) is 15.7 Å². The monoisotopic (exact) mass is 476 g/mol. The molecule has 0 aliphatic carbocycles. The summed E-state index contributed by atoms with van der Waals surface area (Å²) in [7, 11) is 1.48. The van der Waals surface area contributed by atoms with E-state index in [1.165, 1.54) is 23.6 Å². The molecule has 0 N–H and O–H groups in total. The summed E-state index contributed by atoms with van der Waals surface area (Å²) in [5.41, 5.74) is 0.931. The number of halogens is 2. The number of methoxy groups -OCH3 is 1. The molecule has 0 atom stereocenters. The SMILES string of the molecule is COCc1c(C(=O)OCc2cc(=O)n3cc(Br)ccc3n2)sc2cccc(F)c12. The standard InChI is InChI=1S/C20H14BrFN2O4S/c1-27-10-13-18-14(22)3-2-4-15(18)29-19(13)20(26)28-9-12-7-17(25)24-8-11(21)5-6-16(24)23-12/h2-8H,9-10H2,1H3. The maximum atomic E-state index is 14.3. The van der Waals surface area contributed by atoms with Gasteiger partial charge in [0.15, 0.2) is 0 Å². The van der Waals surface area contributed by atoms with E-state index in [1.807, 2.05) is 0 Å². The first-order chi connectivity index (χ1) is 14.0. The van der Waals surface area contributed by atoms with E-state index in [9.17, 15) is 14.0 Å². The molecule has 1 aromatic carbocycles. The molecule has 0 bridgehead atoms. The van der Waals surface area contributed by atoms with Crippen LogP contribution in [0, 0.1) is 5.82 Å². The normalized spacial score (nSPS) is 11.3. The Bertz CT molecular complexity index is 1300. The fraction of sp³-hybridized carbons (Fsp3) is 0.150. The second-order valence-electron chi connectivity index (χ2n) is 6.19. The lowest BCUT2D eigenvalue weighted by molar-refractivity contribution is 0.0469. The summed E-state index contributed by atoms with van der Waals surface area (Å²) in [6.45, 7) is -0.0976. The van der Waals surface area contributed by atoms with Crippen LogP contribution in [0.3, 0.4) is 0 Å². The van der Waals surface area contributed by atoms with Crippen molar-refractivity contribution in [1.29, 1.82) is 0 Å². The van der Waals surface area contributed by atoms with Crippen LogP contribution in [0.15, 0.2) is 51.9 Å². The van der Waals surface area contributed by atoms with E-state index in [1.54, 1.807) is 30.5 Å². The topological polar surface area (TPSA) is 69.9 Å². The first kappa shape index (κ1) is 19.7. The molecule has 0 saturated heterocycles. The largest absolute Gasteiger partial charge is 0.455 e. The number of carbonyl (C=O) groups excluding carboxylic acids is 1. The Morgan fingerprint density at radius 1 is 1.28 bits per heavy atom. The van der Waals surface area contributed by atoms with Gasteiger partial charge in [-0.15, -0.1) is 11.3 Å². The summed E-state index contributed by atoms with van der Waals surface area (Å²) in [4.78, 5) is 29.6. The highest BCUT2D eigenvalue weighted by Crippen LogP contribution is 2.34. The minimum Gasteiger partial charge on any atom is -0.455 e. The number of carbonyl (C=O) groups is 1. The summed E-state index contributed by atoms with van der Waals surface area (Å²) in [6, 6.07) is 9.43. The number of ether oxygens (including phenoxy) is 2. The fourth-order valence-corrected chi connectivity index (χ4v) is 4.47. The smallest absolute Gasteiger partial charge is 0.349 e. The molecule has 9 heteroatoms. The Morgan fingerprint density at radius 3 is 2.90 bits per heavy atom. The zero-order valence-corrected chi connectivity index (χ0v) is 17.5. The Kier molecular flexibility index (Phi) is 5.44. The van der Waals surface area contributed by atoms with Crippen molar-refractivity contribution >= 4 is 49.0 Å². The summed E-state index contributed by atoms with van der Waals surface area (Å²) in [5, 5.41) is 0.360. The van der Waals surface area contributed by atoms with Crippen molar-refractivity contribution in [2.75, 3.05) is 7.11 Å². The van der Waals surface area contributed by atoms with Crippen LogP contribution >= 0.6 is 27.3 Å². The highest BCUT2D eigenvalue weighted by Gasteiger charge is 2.22. The maximum absolute atomic E-state index is 14.3. The number of rotatable bonds is 5. The number of esters is 1. The number of benzene rings is 1. The Hall–Kier alpha value is -2.62. The summed E-state index contributed by atoms with van der Waals surface area (Å²) in [5.74, 6) is -1.03.